The van der Waals surface area contributed by atoms with Gasteiger partial charge in [-0.1, -0.05) is 11.8 Å². The molecule has 2 rings (SSSR count). The van der Waals surface area contributed by atoms with Crippen molar-refractivity contribution >= 4 is 27.6 Å². The summed E-state index contributed by atoms with van der Waals surface area (Å²) in [4.78, 5) is 14.6. The van der Waals surface area contributed by atoms with Gasteiger partial charge in [-0.15, -0.1) is 0 Å². The minimum atomic E-state index is -2.87. The highest BCUT2D eigenvalue weighted by Gasteiger charge is 2.28. The Balaban J connectivity index is 1.98. The zero-order valence-electron chi connectivity index (χ0n) is 9.65. The van der Waals surface area contributed by atoms with E-state index in [9.17, 15) is 13.2 Å². The lowest BCUT2D eigenvalue weighted by atomic mass is 10.1. The van der Waals surface area contributed by atoms with Crippen molar-refractivity contribution in [3.8, 4) is 0 Å². The van der Waals surface area contributed by atoms with E-state index in [0.29, 0.717) is 18.1 Å². The Labute approximate surface area is 109 Å². The molecule has 1 aliphatic heterocycles. The predicted octanol–water partition coefficient (Wildman–Crippen LogP) is 0.495. The van der Waals surface area contributed by atoms with Crippen LogP contribution in [0.15, 0.2) is 17.6 Å². The third-order valence-electron chi connectivity index (χ3n) is 2.78. The number of thioether (sulfide) groups is 1. The maximum atomic E-state index is 11.4. The van der Waals surface area contributed by atoms with Crippen LogP contribution in [0.5, 0.6) is 0 Å². The summed E-state index contributed by atoms with van der Waals surface area (Å²) >= 11 is 1.15. The minimum Gasteiger partial charge on any atom is -0.481 e. The van der Waals surface area contributed by atoms with Gasteiger partial charge in [-0.2, -0.15) is 0 Å². The van der Waals surface area contributed by atoms with Crippen molar-refractivity contribution in [1.29, 1.82) is 0 Å². The topological polar surface area (TPSA) is 89.3 Å². The fourth-order valence-corrected chi connectivity index (χ4v) is 4.53. The highest BCUT2D eigenvalue weighted by Crippen LogP contribution is 2.23. The molecule has 1 unspecified atom stereocenters. The zero-order valence-corrected chi connectivity index (χ0v) is 11.3. The van der Waals surface area contributed by atoms with E-state index >= 15 is 0 Å². The predicted molar refractivity (Wildman–Crippen MR) is 67.3 cm³/mol. The largest absolute Gasteiger partial charge is 0.481 e. The highest BCUT2D eigenvalue weighted by molar-refractivity contribution is 7.99. The van der Waals surface area contributed by atoms with Gasteiger partial charge in [-0.3, -0.25) is 4.79 Å². The molecule has 0 radical (unpaired) electrons. The standard InChI is InChI=1S/C10H14N2O4S2/c13-9(14)6-17-10-11-2-3-12(10)5-8-1-4-18(15,16)7-8/h2-3,8H,1,4-7H2,(H,13,14). The first-order valence-electron chi connectivity index (χ1n) is 5.52. The molecule has 1 aromatic heterocycles. The second-order valence-electron chi connectivity index (χ2n) is 4.31. The molecule has 0 spiro atoms. The molecule has 2 heterocycles. The van der Waals surface area contributed by atoms with Crippen LogP contribution in [0.25, 0.3) is 0 Å². The third-order valence-corrected chi connectivity index (χ3v) is 5.61. The van der Waals surface area contributed by atoms with Crippen LogP contribution in [0.2, 0.25) is 0 Å². The van der Waals surface area contributed by atoms with Crippen LogP contribution in [-0.4, -0.2) is 46.3 Å². The molecular formula is C10H14N2O4S2. The van der Waals surface area contributed by atoms with E-state index in [2.05, 4.69) is 4.98 Å². The van der Waals surface area contributed by atoms with E-state index in [1.165, 1.54) is 0 Å². The molecule has 0 bridgehead atoms. The van der Waals surface area contributed by atoms with Gasteiger partial charge < -0.3 is 9.67 Å². The number of carbonyl (C=O) groups is 1. The first kappa shape index (κ1) is 13.4. The molecule has 1 saturated heterocycles. The van der Waals surface area contributed by atoms with Gasteiger partial charge in [0.2, 0.25) is 0 Å². The van der Waals surface area contributed by atoms with Crippen LogP contribution in [0, 0.1) is 5.92 Å². The van der Waals surface area contributed by atoms with Gasteiger partial charge in [0.25, 0.3) is 0 Å². The fourth-order valence-electron chi connectivity index (χ4n) is 2.00. The van der Waals surface area contributed by atoms with Crippen LogP contribution in [0.3, 0.4) is 0 Å². The summed E-state index contributed by atoms with van der Waals surface area (Å²) in [5.41, 5.74) is 0. The van der Waals surface area contributed by atoms with Crippen molar-refractivity contribution in [1.82, 2.24) is 9.55 Å². The summed E-state index contributed by atoms with van der Waals surface area (Å²) in [6, 6.07) is 0. The highest BCUT2D eigenvalue weighted by atomic mass is 32.2. The van der Waals surface area contributed by atoms with Gasteiger partial charge in [0.05, 0.1) is 17.3 Å². The molecule has 0 aliphatic carbocycles. The Morgan fingerprint density at radius 1 is 1.61 bits per heavy atom. The number of imidazole rings is 1. The van der Waals surface area contributed by atoms with E-state index < -0.39 is 15.8 Å². The second kappa shape index (κ2) is 5.31. The number of nitrogens with zero attached hydrogens (tertiary/aromatic N) is 2. The number of aliphatic carboxylic acids is 1. The minimum absolute atomic E-state index is 0.0417. The monoisotopic (exact) mass is 290 g/mol. The molecule has 0 saturated carbocycles. The summed E-state index contributed by atoms with van der Waals surface area (Å²) in [6.07, 6.45) is 4.03. The molecule has 8 heteroatoms. The third kappa shape index (κ3) is 3.49. The van der Waals surface area contributed by atoms with Gasteiger partial charge >= 0.3 is 5.97 Å². The second-order valence-corrected chi connectivity index (χ2v) is 7.48. The summed E-state index contributed by atoms with van der Waals surface area (Å²) in [5, 5.41) is 9.25. The van der Waals surface area contributed by atoms with Gasteiger partial charge in [-0.05, 0) is 12.3 Å². The normalized spacial score (nSPS) is 22.1. The average molecular weight is 290 g/mol. The Morgan fingerprint density at radius 3 is 3.00 bits per heavy atom. The molecular weight excluding hydrogens is 276 g/mol. The van der Waals surface area contributed by atoms with Gasteiger partial charge in [0.15, 0.2) is 15.0 Å². The Bertz CT molecular complexity index is 538. The van der Waals surface area contributed by atoms with E-state index in [1.807, 2.05) is 4.57 Å². The van der Waals surface area contributed by atoms with Crippen LogP contribution >= 0.6 is 11.8 Å². The van der Waals surface area contributed by atoms with Crippen molar-refractivity contribution in [3.63, 3.8) is 0 Å². The summed E-state index contributed by atoms with van der Waals surface area (Å²) in [6.45, 7) is 0.585. The number of carboxylic acid groups (broad SMARTS) is 1. The molecule has 1 aromatic rings. The van der Waals surface area contributed by atoms with Crippen molar-refractivity contribution < 1.29 is 18.3 Å². The van der Waals surface area contributed by atoms with Crippen LogP contribution in [-0.2, 0) is 21.2 Å². The number of carboxylic acids is 1. The average Bonchev–Trinajstić information content (AvgIpc) is 2.83. The van der Waals surface area contributed by atoms with Gasteiger partial charge in [0.1, 0.15) is 0 Å². The van der Waals surface area contributed by atoms with Crippen molar-refractivity contribution in [2.45, 2.75) is 18.1 Å². The molecule has 1 fully saturated rings. The van der Waals surface area contributed by atoms with Crippen LogP contribution in [0.1, 0.15) is 6.42 Å². The van der Waals surface area contributed by atoms with Crippen molar-refractivity contribution in [2.75, 3.05) is 17.3 Å². The lowest BCUT2D eigenvalue weighted by molar-refractivity contribution is -0.133. The zero-order chi connectivity index (χ0) is 13.2. The molecule has 1 N–H and O–H groups in total. The molecule has 100 valence electrons. The number of rotatable bonds is 5. The van der Waals surface area contributed by atoms with E-state index in [0.717, 1.165) is 11.8 Å². The maximum Gasteiger partial charge on any atom is 0.313 e. The molecule has 1 aliphatic rings. The van der Waals surface area contributed by atoms with E-state index in [4.69, 9.17) is 5.11 Å². The van der Waals surface area contributed by atoms with Gasteiger partial charge in [-0.25, -0.2) is 13.4 Å². The van der Waals surface area contributed by atoms with E-state index in [-0.39, 0.29) is 23.2 Å². The SMILES string of the molecule is O=C(O)CSc1nccn1CC1CCS(=O)(=O)C1. The Kier molecular flexibility index (Phi) is 3.96. The number of aromatic nitrogens is 2. The number of hydrogen-bond acceptors (Lipinski definition) is 5. The lowest BCUT2D eigenvalue weighted by Crippen LogP contribution is -2.13. The molecule has 18 heavy (non-hydrogen) atoms. The summed E-state index contributed by atoms with van der Waals surface area (Å²) in [7, 11) is -2.87. The number of hydrogen-bond donors (Lipinski definition) is 1. The fraction of sp³-hybridized carbons (Fsp3) is 0.600. The maximum absolute atomic E-state index is 11.4. The molecule has 0 aromatic carbocycles. The van der Waals surface area contributed by atoms with Gasteiger partial charge in [0, 0.05) is 18.9 Å². The molecule has 6 nitrogen and oxygen atoms in total. The lowest BCUT2D eigenvalue weighted by Gasteiger charge is -2.11. The van der Waals surface area contributed by atoms with Crippen molar-refractivity contribution in [3.05, 3.63) is 12.4 Å². The smallest absolute Gasteiger partial charge is 0.313 e. The van der Waals surface area contributed by atoms with E-state index in [1.54, 1.807) is 12.4 Å². The number of sulfone groups is 1. The Morgan fingerprint density at radius 2 is 2.39 bits per heavy atom. The first-order valence-corrected chi connectivity index (χ1v) is 8.33. The van der Waals surface area contributed by atoms with Crippen molar-refractivity contribution in [2.24, 2.45) is 5.92 Å². The molecule has 1 atom stereocenters. The van der Waals surface area contributed by atoms with Crippen LogP contribution in [0.4, 0.5) is 0 Å². The van der Waals surface area contributed by atoms with Crippen LogP contribution < -0.4 is 0 Å². The summed E-state index contributed by atoms with van der Waals surface area (Å²) < 4.78 is 24.6. The Hall–Kier alpha value is -1.02. The summed E-state index contributed by atoms with van der Waals surface area (Å²) in [5.74, 6) is -0.357. The quantitative estimate of drug-likeness (QED) is 0.794. The first-order chi connectivity index (χ1) is 8.46. The molecule has 0 amide bonds.